The number of imidazole rings is 1. The van der Waals surface area contributed by atoms with Crippen molar-refractivity contribution in [1.29, 1.82) is 0 Å². The van der Waals surface area contributed by atoms with Crippen LogP contribution in [0.25, 0.3) is 11.2 Å². The highest BCUT2D eigenvalue weighted by molar-refractivity contribution is 6.31. The number of fused-ring (bicyclic) bond motifs is 1. The van der Waals surface area contributed by atoms with E-state index in [1.165, 1.54) is 0 Å². The first-order chi connectivity index (χ1) is 15.7. The fourth-order valence-corrected chi connectivity index (χ4v) is 4.37. The number of amides is 1. The quantitative estimate of drug-likeness (QED) is 0.365. The predicted molar refractivity (Wildman–Crippen MR) is 119 cm³/mol. The molecule has 4 aromatic rings. The Morgan fingerprint density at radius 2 is 1.85 bits per heavy atom. The maximum absolute atomic E-state index is 13.0. The van der Waals surface area contributed by atoms with Crippen molar-refractivity contribution in [2.24, 2.45) is 0 Å². The van der Waals surface area contributed by atoms with Crippen molar-refractivity contribution in [1.82, 2.24) is 15.0 Å². The molecule has 1 saturated carbocycles. The minimum absolute atomic E-state index is 0.259. The molecule has 2 heterocycles. The molecule has 0 saturated heterocycles. The second-order valence-electron chi connectivity index (χ2n) is 8.16. The number of nitrogens with zero attached hydrogens (tertiary/aromatic N) is 2. The number of rotatable bonds is 4. The maximum atomic E-state index is 13.0. The first-order valence-corrected chi connectivity index (χ1v) is 10.7. The van der Waals surface area contributed by atoms with E-state index in [-0.39, 0.29) is 17.1 Å². The largest absolute Gasteiger partial charge is 0.417 e. The van der Waals surface area contributed by atoms with E-state index in [2.05, 4.69) is 20.3 Å². The molecule has 0 spiro atoms. The van der Waals surface area contributed by atoms with Gasteiger partial charge in [0, 0.05) is 22.5 Å². The molecule has 5 rings (SSSR count). The van der Waals surface area contributed by atoms with Gasteiger partial charge in [0.2, 0.25) is 0 Å². The van der Waals surface area contributed by atoms with Gasteiger partial charge >= 0.3 is 6.18 Å². The molecular weight excluding hydrogens is 453 g/mol. The lowest BCUT2D eigenvalue weighted by molar-refractivity contribution is -0.137. The lowest BCUT2D eigenvalue weighted by atomic mass is 9.64. The number of hydrogen-bond acceptors (Lipinski definition) is 3. The minimum Gasteiger partial charge on any atom is -0.340 e. The van der Waals surface area contributed by atoms with E-state index >= 15 is 0 Å². The number of aromatic amines is 1. The Hall–Kier alpha value is -3.39. The van der Waals surface area contributed by atoms with Crippen molar-refractivity contribution in [2.45, 2.75) is 30.9 Å². The number of nitrogens with one attached hydrogen (secondary N) is 2. The Morgan fingerprint density at radius 1 is 1.09 bits per heavy atom. The number of alkyl halides is 3. The molecule has 0 atom stereocenters. The molecule has 1 amide bonds. The third kappa shape index (κ3) is 3.95. The standard InChI is InChI=1S/C24H18ClF3N4O/c25-17-4-1-3-14(11-17)21(33)30-18-7-5-15(6-8-18)23(9-2-10-23)22-31-19-12-16(24(26,27)28)13-29-20(19)32-22/h1,3-8,11-13H,2,9-10H2,(H,30,33)(H,29,31,32). The molecule has 1 aliphatic carbocycles. The third-order valence-corrected chi connectivity index (χ3v) is 6.34. The van der Waals surface area contributed by atoms with Gasteiger partial charge in [-0.1, -0.05) is 36.2 Å². The van der Waals surface area contributed by atoms with Gasteiger partial charge in [0.05, 0.1) is 16.5 Å². The Balaban J connectivity index is 1.41. The zero-order chi connectivity index (χ0) is 23.2. The Morgan fingerprint density at radius 3 is 2.48 bits per heavy atom. The van der Waals surface area contributed by atoms with Gasteiger partial charge in [0.15, 0.2) is 5.65 Å². The van der Waals surface area contributed by atoms with Crippen molar-refractivity contribution in [2.75, 3.05) is 5.32 Å². The number of hydrogen-bond donors (Lipinski definition) is 2. The average molecular weight is 471 g/mol. The highest BCUT2D eigenvalue weighted by Gasteiger charge is 2.43. The second kappa shape index (κ2) is 7.88. The van der Waals surface area contributed by atoms with Gasteiger partial charge < -0.3 is 10.3 Å². The van der Waals surface area contributed by atoms with E-state index in [1.54, 1.807) is 36.4 Å². The highest BCUT2D eigenvalue weighted by Crippen LogP contribution is 2.48. The van der Waals surface area contributed by atoms with E-state index in [4.69, 9.17) is 11.6 Å². The number of anilines is 1. The summed E-state index contributed by atoms with van der Waals surface area (Å²) in [5, 5.41) is 3.32. The van der Waals surface area contributed by atoms with Crippen LogP contribution < -0.4 is 5.32 Å². The van der Waals surface area contributed by atoms with Gasteiger partial charge in [-0.2, -0.15) is 13.2 Å². The zero-order valence-electron chi connectivity index (χ0n) is 17.2. The summed E-state index contributed by atoms with van der Waals surface area (Å²) >= 11 is 5.95. The summed E-state index contributed by atoms with van der Waals surface area (Å²) in [6, 6.07) is 15.2. The van der Waals surface area contributed by atoms with Crippen molar-refractivity contribution in [3.8, 4) is 0 Å². The van der Waals surface area contributed by atoms with Crippen LogP contribution in [0.1, 0.15) is 46.6 Å². The Bertz CT molecular complexity index is 1340. The van der Waals surface area contributed by atoms with Crippen LogP contribution in [0.4, 0.5) is 18.9 Å². The van der Waals surface area contributed by atoms with Crippen molar-refractivity contribution in [3.05, 3.63) is 88.3 Å². The molecule has 1 fully saturated rings. The van der Waals surface area contributed by atoms with Crippen LogP contribution in [0.15, 0.2) is 60.8 Å². The molecule has 0 bridgehead atoms. The van der Waals surface area contributed by atoms with E-state index in [9.17, 15) is 18.0 Å². The summed E-state index contributed by atoms with van der Waals surface area (Å²) < 4.78 is 39.1. The molecular formula is C24H18ClF3N4O. The SMILES string of the molecule is O=C(Nc1ccc(C2(c3nc4ncc(C(F)(F)F)cc4[nH]3)CCC2)cc1)c1cccc(Cl)c1. The smallest absolute Gasteiger partial charge is 0.340 e. The van der Waals surface area contributed by atoms with Gasteiger partial charge in [0.1, 0.15) is 5.82 Å². The summed E-state index contributed by atoms with van der Waals surface area (Å²) in [4.78, 5) is 23.9. The van der Waals surface area contributed by atoms with Crippen LogP contribution in [0.5, 0.6) is 0 Å². The lowest BCUT2D eigenvalue weighted by Gasteiger charge is -2.40. The Labute approximate surface area is 192 Å². The molecule has 33 heavy (non-hydrogen) atoms. The van der Waals surface area contributed by atoms with Crippen molar-refractivity contribution >= 4 is 34.4 Å². The predicted octanol–water partition coefficient (Wildman–Crippen LogP) is 6.35. The summed E-state index contributed by atoms with van der Waals surface area (Å²) in [5.74, 6) is 0.332. The van der Waals surface area contributed by atoms with Gasteiger partial charge in [-0.3, -0.25) is 4.79 Å². The minimum atomic E-state index is -4.47. The first-order valence-electron chi connectivity index (χ1n) is 10.4. The molecule has 2 aromatic carbocycles. The van der Waals surface area contributed by atoms with Gasteiger partial charge in [-0.25, -0.2) is 9.97 Å². The molecule has 168 valence electrons. The number of H-pyrrole nitrogens is 1. The van der Waals surface area contributed by atoms with Crippen LogP contribution >= 0.6 is 11.6 Å². The number of aromatic nitrogens is 3. The summed E-state index contributed by atoms with van der Waals surface area (Å²) in [6.45, 7) is 0. The molecule has 0 aliphatic heterocycles. The third-order valence-electron chi connectivity index (χ3n) is 6.11. The number of benzene rings is 2. The normalized spacial score (nSPS) is 15.3. The fraction of sp³-hybridized carbons (Fsp3) is 0.208. The summed E-state index contributed by atoms with van der Waals surface area (Å²) in [7, 11) is 0. The first kappa shape index (κ1) is 21.5. The molecule has 1 aliphatic rings. The van der Waals surface area contributed by atoms with Crippen molar-refractivity contribution in [3.63, 3.8) is 0 Å². The molecule has 2 N–H and O–H groups in total. The van der Waals surface area contributed by atoms with E-state index in [0.29, 0.717) is 22.1 Å². The number of carbonyl (C=O) groups excluding carboxylic acids is 1. The molecule has 0 radical (unpaired) electrons. The molecule has 9 heteroatoms. The highest BCUT2D eigenvalue weighted by atomic mass is 35.5. The summed E-state index contributed by atoms with van der Waals surface area (Å²) in [5.41, 5.74) is 1.34. The van der Waals surface area contributed by atoms with Crippen LogP contribution in [-0.4, -0.2) is 20.9 Å². The second-order valence-corrected chi connectivity index (χ2v) is 8.59. The molecule has 2 aromatic heterocycles. The van der Waals surface area contributed by atoms with Crippen LogP contribution in [0.2, 0.25) is 5.02 Å². The fourth-order valence-electron chi connectivity index (χ4n) is 4.18. The number of carbonyl (C=O) groups is 1. The van der Waals surface area contributed by atoms with E-state index < -0.39 is 17.2 Å². The van der Waals surface area contributed by atoms with E-state index in [0.717, 1.165) is 37.1 Å². The lowest BCUT2D eigenvalue weighted by Crippen LogP contribution is -2.36. The van der Waals surface area contributed by atoms with Gasteiger partial charge in [-0.15, -0.1) is 0 Å². The Kier molecular flexibility index (Phi) is 5.12. The maximum Gasteiger partial charge on any atom is 0.417 e. The molecule has 5 nitrogen and oxygen atoms in total. The van der Waals surface area contributed by atoms with Gasteiger partial charge in [-0.05, 0) is 54.8 Å². The van der Waals surface area contributed by atoms with Crippen LogP contribution in [-0.2, 0) is 11.6 Å². The van der Waals surface area contributed by atoms with Gasteiger partial charge in [0.25, 0.3) is 5.91 Å². The average Bonchev–Trinajstić information content (AvgIpc) is 3.17. The van der Waals surface area contributed by atoms with Crippen LogP contribution in [0.3, 0.4) is 0 Å². The van der Waals surface area contributed by atoms with Crippen LogP contribution in [0, 0.1) is 0 Å². The van der Waals surface area contributed by atoms with Crippen molar-refractivity contribution < 1.29 is 18.0 Å². The number of pyridine rings is 1. The summed E-state index contributed by atoms with van der Waals surface area (Å²) in [6.07, 6.45) is -1.06. The topological polar surface area (TPSA) is 70.7 Å². The van der Waals surface area contributed by atoms with E-state index in [1.807, 2.05) is 12.1 Å². The zero-order valence-corrected chi connectivity index (χ0v) is 18.0. The molecule has 0 unspecified atom stereocenters. The monoisotopic (exact) mass is 470 g/mol. The number of halogens is 4.